The van der Waals surface area contributed by atoms with E-state index in [4.69, 9.17) is 5.73 Å². The molecule has 1 fully saturated rings. The molecule has 1 aromatic rings. The van der Waals surface area contributed by atoms with Gasteiger partial charge in [-0.05, 0) is 31.9 Å². The Labute approximate surface area is 109 Å². The van der Waals surface area contributed by atoms with Crippen molar-refractivity contribution in [2.75, 3.05) is 5.32 Å². The van der Waals surface area contributed by atoms with Crippen LogP contribution in [0.15, 0.2) is 24.3 Å². The Balaban J connectivity index is 1.90. The molecule has 0 aliphatic heterocycles. The first-order chi connectivity index (χ1) is 8.57. The number of nitrogens with two attached hydrogens (primary N) is 1. The second-order valence-electron chi connectivity index (χ2n) is 5.51. The zero-order chi connectivity index (χ0) is 13.0. The normalized spacial score (nSPS) is 18.3. The predicted molar refractivity (Wildman–Crippen MR) is 74.4 cm³/mol. The van der Waals surface area contributed by atoms with Crippen LogP contribution in [0.25, 0.3) is 0 Å². The number of carbonyl (C=O) groups is 1. The van der Waals surface area contributed by atoms with Crippen LogP contribution in [-0.2, 0) is 4.79 Å². The van der Waals surface area contributed by atoms with Crippen molar-refractivity contribution in [1.82, 2.24) is 0 Å². The van der Waals surface area contributed by atoms with Gasteiger partial charge in [0.25, 0.3) is 0 Å². The number of hydrogen-bond acceptors (Lipinski definition) is 2. The average molecular weight is 246 g/mol. The second-order valence-corrected chi connectivity index (χ2v) is 5.51. The van der Waals surface area contributed by atoms with Crippen molar-refractivity contribution in [1.29, 1.82) is 0 Å². The average Bonchev–Trinajstić information content (AvgIpc) is 2.32. The van der Waals surface area contributed by atoms with E-state index in [9.17, 15) is 4.79 Å². The highest BCUT2D eigenvalue weighted by molar-refractivity contribution is 5.91. The quantitative estimate of drug-likeness (QED) is 0.861. The molecule has 0 unspecified atom stereocenters. The monoisotopic (exact) mass is 246 g/mol. The number of carbonyl (C=O) groups excluding carboxylic acids is 1. The van der Waals surface area contributed by atoms with Gasteiger partial charge < -0.3 is 11.1 Å². The van der Waals surface area contributed by atoms with E-state index in [1.807, 2.05) is 31.2 Å². The van der Waals surface area contributed by atoms with E-state index < -0.39 is 0 Å². The lowest BCUT2D eigenvalue weighted by atomic mass is 9.80. The maximum Gasteiger partial charge on any atom is 0.226 e. The molecular formula is C15H22N2O. The lowest BCUT2D eigenvalue weighted by Gasteiger charge is -2.32. The third-order valence-electron chi connectivity index (χ3n) is 3.70. The summed E-state index contributed by atoms with van der Waals surface area (Å²) in [4.78, 5) is 12.0. The molecule has 1 aliphatic carbocycles. The van der Waals surface area contributed by atoms with Crippen LogP contribution in [0.1, 0.15) is 44.1 Å². The Bertz CT molecular complexity index is 405. The zero-order valence-corrected chi connectivity index (χ0v) is 11.0. The van der Waals surface area contributed by atoms with Crippen molar-refractivity contribution in [2.45, 2.75) is 51.0 Å². The number of benzene rings is 1. The molecule has 18 heavy (non-hydrogen) atoms. The van der Waals surface area contributed by atoms with Crippen molar-refractivity contribution < 1.29 is 4.79 Å². The van der Waals surface area contributed by atoms with Gasteiger partial charge in [-0.1, -0.05) is 37.0 Å². The summed E-state index contributed by atoms with van der Waals surface area (Å²) in [6.07, 6.45) is 5.91. The van der Waals surface area contributed by atoms with Gasteiger partial charge in [0.15, 0.2) is 0 Å². The van der Waals surface area contributed by atoms with Gasteiger partial charge >= 0.3 is 0 Å². The topological polar surface area (TPSA) is 55.1 Å². The van der Waals surface area contributed by atoms with E-state index in [1.54, 1.807) is 0 Å². The number of anilines is 1. The SMILES string of the molecule is Cc1ccc(NC(=O)CC2(N)CCCCC2)cc1. The molecule has 1 aliphatic rings. The Kier molecular flexibility index (Phi) is 4.02. The molecule has 1 aromatic carbocycles. The van der Waals surface area contributed by atoms with E-state index in [1.165, 1.54) is 12.0 Å². The Hall–Kier alpha value is -1.35. The molecule has 98 valence electrons. The van der Waals surface area contributed by atoms with Crippen LogP contribution in [0.3, 0.4) is 0 Å². The largest absolute Gasteiger partial charge is 0.326 e. The van der Waals surface area contributed by atoms with Gasteiger partial charge in [0, 0.05) is 17.6 Å². The minimum Gasteiger partial charge on any atom is -0.326 e. The maximum absolute atomic E-state index is 12.0. The van der Waals surface area contributed by atoms with E-state index in [2.05, 4.69) is 5.32 Å². The molecule has 0 heterocycles. The Morgan fingerprint density at radius 2 is 1.83 bits per heavy atom. The number of aryl methyl sites for hydroxylation is 1. The first kappa shape index (κ1) is 13.1. The number of rotatable bonds is 3. The van der Waals surface area contributed by atoms with E-state index >= 15 is 0 Å². The van der Waals surface area contributed by atoms with Crippen LogP contribution < -0.4 is 11.1 Å². The van der Waals surface area contributed by atoms with Crippen LogP contribution in [0.5, 0.6) is 0 Å². The van der Waals surface area contributed by atoms with Crippen LogP contribution >= 0.6 is 0 Å². The smallest absolute Gasteiger partial charge is 0.226 e. The molecule has 3 nitrogen and oxygen atoms in total. The van der Waals surface area contributed by atoms with E-state index in [0.29, 0.717) is 6.42 Å². The van der Waals surface area contributed by atoms with Crippen molar-refractivity contribution in [3.8, 4) is 0 Å². The molecule has 0 bridgehead atoms. The molecule has 1 saturated carbocycles. The lowest BCUT2D eigenvalue weighted by Crippen LogP contribution is -2.44. The standard InChI is InChI=1S/C15H22N2O/c1-12-5-7-13(8-6-12)17-14(18)11-15(16)9-3-2-4-10-15/h5-8H,2-4,9-11,16H2,1H3,(H,17,18). The van der Waals surface area contributed by atoms with Gasteiger partial charge in [0.05, 0.1) is 0 Å². The molecule has 1 amide bonds. The molecule has 3 heteroatoms. The summed E-state index contributed by atoms with van der Waals surface area (Å²) in [5.41, 5.74) is 8.03. The Morgan fingerprint density at radius 3 is 2.44 bits per heavy atom. The van der Waals surface area contributed by atoms with Crippen molar-refractivity contribution in [3.05, 3.63) is 29.8 Å². The Morgan fingerprint density at radius 1 is 1.22 bits per heavy atom. The fraction of sp³-hybridized carbons (Fsp3) is 0.533. The van der Waals surface area contributed by atoms with Gasteiger partial charge in [-0.2, -0.15) is 0 Å². The predicted octanol–water partition coefficient (Wildman–Crippen LogP) is 2.99. The molecule has 2 rings (SSSR count). The fourth-order valence-corrected chi connectivity index (χ4v) is 2.59. The van der Waals surface area contributed by atoms with Crippen molar-refractivity contribution in [2.24, 2.45) is 5.73 Å². The molecule has 3 N–H and O–H groups in total. The number of amides is 1. The van der Waals surface area contributed by atoms with Gasteiger partial charge in [0.1, 0.15) is 0 Å². The van der Waals surface area contributed by atoms with Gasteiger partial charge in [-0.15, -0.1) is 0 Å². The third kappa shape index (κ3) is 3.57. The molecule has 0 spiro atoms. The van der Waals surface area contributed by atoms with Crippen LogP contribution in [-0.4, -0.2) is 11.4 Å². The highest BCUT2D eigenvalue weighted by Crippen LogP contribution is 2.28. The second kappa shape index (κ2) is 5.53. The molecule has 0 atom stereocenters. The van der Waals surface area contributed by atoms with Crippen molar-refractivity contribution >= 4 is 11.6 Å². The highest BCUT2D eigenvalue weighted by atomic mass is 16.1. The van der Waals surface area contributed by atoms with Crippen molar-refractivity contribution in [3.63, 3.8) is 0 Å². The van der Waals surface area contributed by atoms with Gasteiger partial charge in [0.2, 0.25) is 5.91 Å². The molecular weight excluding hydrogens is 224 g/mol. The summed E-state index contributed by atoms with van der Waals surface area (Å²) in [5, 5.41) is 2.92. The summed E-state index contributed by atoms with van der Waals surface area (Å²) in [6.45, 7) is 2.03. The van der Waals surface area contributed by atoms with Crippen LogP contribution in [0.4, 0.5) is 5.69 Å². The summed E-state index contributed by atoms with van der Waals surface area (Å²) < 4.78 is 0. The highest BCUT2D eigenvalue weighted by Gasteiger charge is 2.29. The lowest BCUT2D eigenvalue weighted by molar-refractivity contribution is -0.117. The summed E-state index contributed by atoms with van der Waals surface area (Å²) >= 11 is 0. The molecule has 0 aromatic heterocycles. The fourth-order valence-electron chi connectivity index (χ4n) is 2.59. The van der Waals surface area contributed by atoms with Crippen LogP contribution in [0.2, 0.25) is 0 Å². The number of hydrogen-bond donors (Lipinski definition) is 2. The van der Waals surface area contributed by atoms with Crippen LogP contribution in [0, 0.1) is 6.92 Å². The van der Waals surface area contributed by atoms with E-state index in [-0.39, 0.29) is 11.4 Å². The maximum atomic E-state index is 12.0. The first-order valence-corrected chi connectivity index (χ1v) is 6.73. The summed E-state index contributed by atoms with van der Waals surface area (Å²) in [6, 6.07) is 7.84. The summed E-state index contributed by atoms with van der Waals surface area (Å²) in [7, 11) is 0. The third-order valence-corrected chi connectivity index (χ3v) is 3.70. The molecule has 0 saturated heterocycles. The number of nitrogens with one attached hydrogen (secondary N) is 1. The minimum absolute atomic E-state index is 0.0308. The van der Waals surface area contributed by atoms with Gasteiger partial charge in [-0.3, -0.25) is 4.79 Å². The minimum atomic E-state index is -0.285. The van der Waals surface area contributed by atoms with Gasteiger partial charge in [-0.25, -0.2) is 0 Å². The van der Waals surface area contributed by atoms with E-state index in [0.717, 1.165) is 31.4 Å². The molecule has 0 radical (unpaired) electrons. The first-order valence-electron chi connectivity index (χ1n) is 6.73. The summed E-state index contributed by atoms with van der Waals surface area (Å²) in [5.74, 6) is 0.0308. The zero-order valence-electron chi connectivity index (χ0n) is 11.0.